The van der Waals surface area contributed by atoms with E-state index >= 15 is 0 Å². The molecule has 1 heterocycles. The van der Waals surface area contributed by atoms with Gasteiger partial charge < -0.3 is 19.1 Å². The number of carbonyl (C=O) groups excluding carboxylic acids is 1. The van der Waals surface area contributed by atoms with Gasteiger partial charge in [-0.1, -0.05) is 12.1 Å². The van der Waals surface area contributed by atoms with Crippen LogP contribution in [0, 0.1) is 0 Å². The zero-order valence-electron chi connectivity index (χ0n) is 13.4. The van der Waals surface area contributed by atoms with Crippen LogP contribution in [0.2, 0.25) is 0 Å². The monoisotopic (exact) mass is 308 g/mol. The van der Waals surface area contributed by atoms with Crippen LogP contribution in [0.15, 0.2) is 24.3 Å². The second-order valence-corrected chi connectivity index (χ2v) is 5.78. The molecule has 1 N–H and O–H groups in total. The summed E-state index contributed by atoms with van der Waals surface area (Å²) in [5, 5.41) is 0. The molecule has 1 aromatic rings. The van der Waals surface area contributed by atoms with Gasteiger partial charge in [0.05, 0.1) is 18.8 Å². The molecule has 0 bridgehead atoms. The van der Waals surface area contributed by atoms with E-state index in [1.165, 1.54) is 4.90 Å². The summed E-state index contributed by atoms with van der Waals surface area (Å²) >= 11 is 0. The molecule has 0 saturated carbocycles. The third kappa shape index (κ3) is 5.40. The van der Waals surface area contributed by atoms with Crippen molar-refractivity contribution < 1.29 is 23.9 Å². The molecule has 1 aliphatic heterocycles. The molecule has 5 heteroatoms. The molecule has 1 saturated heterocycles. The van der Waals surface area contributed by atoms with Crippen molar-refractivity contribution in [1.29, 1.82) is 0 Å². The first-order valence-electron chi connectivity index (χ1n) is 7.93. The molecule has 1 aliphatic rings. The summed E-state index contributed by atoms with van der Waals surface area (Å²) in [6, 6.07) is 7.21. The van der Waals surface area contributed by atoms with Crippen molar-refractivity contribution in [3.05, 3.63) is 29.8 Å². The maximum Gasteiger partial charge on any atom is 0.153 e. The molecule has 1 fully saturated rings. The minimum absolute atomic E-state index is 0.321. The SMILES string of the molecule is C[C@@H]1C[NH+](CCOCCOc2ccccc2C=O)C[C@@H](C)O1. The van der Waals surface area contributed by atoms with Crippen LogP contribution in [0.5, 0.6) is 5.75 Å². The highest BCUT2D eigenvalue weighted by atomic mass is 16.5. The third-order valence-corrected chi connectivity index (χ3v) is 3.75. The van der Waals surface area contributed by atoms with E-state index in [4.69, 9.17) is 14.2 Å². The number of para-hydroxylation sites is 1. The van der Waals surface area contributed by atoms with E-state index in [1.807, 2.05) is 12.1 Å². The number of hydrogen-bond donors (Lipinski definition) is 1. The predicted molar refractivity (Wildman–Crippen MR) is 83.7 cm³/mol. The molecule has 1 aromatic carbocycles. The van der Waals surface area contributed by atoms with Gasteiger partial charge in [0, 0.05) is 0 Å². The van der Waals surface area contributed by atoms with Gasteiger partial charge in [0.25, 0.3) is 0 Å². The van der Waals surface area contributed by atoms with Gasteiger partial charge >= 0.3 is 0 Å². The first kappa shape index (κ1) is 16.9. The number of morpholine rings is 1. The molecule has 2 rings (SSSR count). The molecule has 0 unspecified atom stereocenters. The number of rotatable bonds is 8. The molecular formula is C17H26NO4+. The Labute approximate surface area is 132 Å². The van der Waals surface area contributed by atoms with Crippen LogP contribution >= 0.6 is 0 Å². The Bertz CT molecular complexity index is 456. The smallest absolute Gasteiger partial charge is 0.153 e. The molecule has 2 atom stereocenters. The van der Waals surface area contributed by atoms with E-state index in [1.54, 1.807) is 12.1 Å². The number of hydrogen-bond acceptors (Lipinski definition) is 4. The van der Waals surface area contributed by atoms with Crippen molar-refractivity contribution in [2.45, 2.75) is 26.1 Å². The fourth-order valence-electron chi connectivity index (χ4n) is 2.83. The lowest BCUT2D eigenvalue weighted by Crippen LogP contribution is -3.15. The summed E-state index contributed by atoms with van der Waals surface area (Å²) in [5.41, 5.74) is 0.572. The molecule has 122 valence electrons. The predicted octanol–water partition coefficient (Wildman–Crippen LogP) is 0.587. The first-order chi connectivity index (χ1) is 10.7. The van der Waals surface area contributed by atoms with E-state index in [0.29, 0.717) is 43.3 Å². The van der Waals surface area contributed by atoms with Gasteiger partial charge in [-0.15, -0.1) is 0 Å². The maximum absolute atomic E-state index is 10.9. The molecule has 0 aromatic heterocycles. The number of nitrogens with one attached hydrogen (secondary N) is 1. The van der Waals surface area contributed by atoms with Gasteiger partial charge in [-0.3, -0.25) is 4.79 Å². The van der Waals surface area contributed by atoms with Crippen molar-refractivity contribution >= 4 is 6.29 Å². The second-order valence-electron chi connectivity index (χ2n) is 5.78. The van der Waals surface area contributed by atoms with E-state index in [9.17, 15) is 4.79 Å². The Morgan fingerprint density at radius 2 is 1.91 bits per heavy atom. The Morgan fingerprint density at radius 3 is 2.64 bits per heavy atom. The van der Waals surface area contributed by atoms with Gasteiger partial charge in [0.1, 0.15) is 44.2 Å². The molecule has 0 amide bonds. The quantitative estimate of drug-likeness (QED) is 0.564. The standard InChI is InChI=1S/C17H25NO4/c1-14-11-18(12-15(2)22-14)7-8-20-9-10-21-17-6-4-3-5-16(17)13-19/h3-6,13-15H,7-12H2,1-2H3/p+1/t14-,15-/m1/s1. The molecule has 0 spiro atoms. The Balaban J connectivity index is 1.59. The van der Waals surface area contributed by atoms with Crippen molar-refractivity contribution in [2.24, 2.45) is 0 Å². The fourth-order valence-corrected chi connectivity index (χ4v) is 2.83. The van der Waals surface area contributed by atoms with E-state index in [-0.39, 0.29) is 0 Å². The molecule has 0 radical (unpaired) electrons. The summed E-state index contributed by atoms with van der Waals surface area (Å²) in [7, 11) is 0. The maximum atomic E-state index is 10.9. The minimum atomic E-state index is 0.321. The zero-order valence-corrected chi connectivity index (χ0v) is 13.4. The van der Waals surface area contributed by atoms with Crippen LogP contribution in [0.4, 0.5) is 0 Å². The van der Waals surface area contributed by atoms with E-state index in [2.05, 4.69) is 13.8 Å². The van der Waals surface area contributed by atoms with Gasteiger partial charge in [0.15, 0.2) is 6.29 Å². The Kier molecular flexibility index (Phi) is 6.83. The van der Waals surface area contributed by atoms with Crippen LogP contribution < -0.4 is 9.64 Å². The number of quaternary nitrogens is 1. The molecular weight excluding hydrogens is 282 g/mol. The Hall–Kier alpha value is -1.43. The summed E-state index contributed by atoms with van der Waals surface area (Å²) in [5.74, 6) is 0.613. The number of benzene rings is 1. The highest BCUT2D eigenvalue weighted by Gasteiger charge is 2.24. The summed E-state index contributed by atoms with van der Waals surface area (Å²) in [6.07, 6.45) is 1.45. The highest BCUT2D eigenvalue weighted by Crippen LogP contribution is 2.15. The Morgan fingerprint density at radius 1 is 1.18 bits per heavy atom. The van der Waals surface area contributed by atoms with Gasteiger partial charge in [-0.05, 0) is 26.0 Å². The topological polar surface area (TPSA) is 49.2 Å². The van der Waals surface area contributed by atoms with Crippen molar-refractivity contribution in [3.8, 4) is 5.75 Å². The molecule has 5 nitrogen and oxygen atoms in total. The van der Waals surface area contributed by atoms with E-state index < -0.39 is 0 Å². The normalized spacial score (nSPS) is 24.9. The minimum Gasteiger partial charge on any atom is -0.490 e. The van der Waals surface area contributed by atoms with Crippen LogP contribution in [-0.2, 0) is 9.47 Å². The van der Waals surface area contributed by atoms with Crippen molar-refractivity contribution in [1.82, 2.24) is 0 Å². The van der Waals surface area contributed by atoms with Crippen molar-refractivity contribution in [3.63, 3.8) is 0 Å². The number of aldehydes is 1. The lowest BCUT2D eigenvalue weighted by atomic mass is 10.2. The fraction of sp³-hybridized carbons (Fsp3) is 0.588. The third-order valence-electron chi connectivity index (χ3n) is 3.75. The average molecular weight is 308 g/mol. The zero-order chi connectivity index (χ0) is 15.8. The van der Waals surface area contributed by atoms with Crippen LogP contribution in [-0.4, -0.2) is 57.9 Å². The highest BCUT2D eigenvalue weighted by molar-refractivity contribution is 5.79. The van der Waals surface area contributed by atoms with Crippen molar-refractivity contribution in [2.75, 3.05) is 39.5 Å². The lowest BCUT2D eigenvalue weighted by Gasteiger charge is -2.32. The average Bonchev–Trinajstić information content (AvgIpc) is 2.50. The summed E-state index contributed by atoms with van der Waals surface area (Å²) in [4.78, 5) is 12.4. The largest absolute Gasteiger partial charge is 0.490 e. The van der Waals surface area contributed by atoms with Gasteiger partial charge in [-0.25, -0.2) is 0 Å². The van der Waals surface area contributed by atoms with Gasteiger partial charge in [-0.2, -0.15) is 0 Å². The summed E-state index contributed by atoms with van der Waals surface area (Å²) < 4.78 is 16.9. The molecule has 22 heavy (non-hydrogen) atoms. The first-order valence-corrected chi connectivity index (χ1v) is 7.93. The van der Waals surface area contributed by atoms with Crippen LogP contribution in [0.1, 0.15) is 24.2 Å². The van der Waals surface area contributed by atoms with E-state index in [0.717, 1.165) is 25.9 Å². The lowest BCUT2D eigenvalue weighted by molar-refractivity contribution is -0.915. The van der Waals surface area contributed by atoms with Crippen LogP contribution in [0.3, 0.4) is 0 Å². The molecule has 0 aliphatic carbocycles. The van der Waals surface area contributed by atoms with Gasteiger partial charge in [0.2, 0.25) is 0 Å². The number of ether oxygens (including phenoxy) is 3. The van der Waals surface area contributed by atoms with Crippen LogP contribution in [0.25, 0.3) is 0 Å². The summed E-state index contributed by atoms with van der Waals surface area (Å²) in [6.45, 7) is 9.01. The second kappa shape index (κ2) is 8.88. The number of carbonyl (C=O) groups is 1.